The summed E-state index contributed by atoms with van der Waals surface area (Å²) in [6.07, 6.45) is 3.48. The molecule has 2 heterocycles. The van der Waals surface area contributed by atoms with Crippen LogP contribution in [0.15, 0.2) is 12.4 Å². The van der Waals surface area contributed by atoms with Crippen LogP contribution >= 0.6 is 11.6 Å². The van der Waals surface area contributed by atoms with E-state index < -0.39 is 6.04 Å². The third kappa shape index (κ3) is 3.16. The minimum Gasteiger partial charge on any atom is -0.348 e. The van der Waals surface area contributed by atoms with Gasteiger partial charge >= 0.3 is 0 Å². The van der Waals surface area contributed by atoms with Gasteiger partial charge in [0.15, 0.2) is 0 Å². The van der Waals surface area contributed by atoms with Gasteiger partial charge in [-0.25, -0.2) is 0 Å². The van der Waals surface area contributed by atoms with Crippen molar-refractivity contribution < 1.29 is 4.79 Å². The molecule has 2 unspecified atom stereocenters. The van der Waals surface area contributed by atoms with Crippen LogP contribution in [-0.4, -0.2) is 25.5 Å². The Morgan fingerprint density at radius 2 is 2.09 bits per heavy atom. The van der Waals surface area contributed by atoms with E-state index in [9.17, 15) is 4.79 Å². The molecule has 22 heavy (non-hydrogen) atoms. The van der Waals surface area contributed by atoms with E-state index in [4.69, 9.17) is 11.6 Å². The summed E-state index contributed by atoms with van der Waals surface area (Å²) < 4.78 is 3.50. The number of halogens is 1. The van der Waals surface area contributed by atoms with Gasteiger partial charge < -0.3 is 5.32 Å². The first kappa shape index (κ1) is 16.5. The van der Waals surface area contributed by atoms with Crippen LogP contribution in [0.1, 0.15) is 49.8 Å². The van der Waals surface area contributed by atoms with Crippen LogP contribution < -0.4 is 5.32 Å². The fourth-order valence-electron chi connectivity index (χ4n) is 2.39. The summed E-state index contributed by atoms with van der Waals surface area (Å²) in [6.45, 7) is 10.4. The molecule has 0 aliphatic carbocycles. The Morgan fingerprint density at radius 1 is 1.41 bits per heavy atom. The van der Waals surface area contributed by atoms with Gasteiger partial charge in [0.25, 0.3) is 0 Å². The number of rotatable bonds is 5. The van der Waals surface area contributed by atoms with Crippen molar-refractivity contribution in [2.24, 2.45) is 0 Å². The second-order valence-corrected chi connectivity index (χ2v) is 5.86. The number of amides is 1. The molecule has 6 nitrogen and oxygen atoms in total. The van der Waals surface area contributed by atoms with Crippen LogP contribution in [0.25, 0.3) is 0 Å². The lowest BCUT2D eigenvalue weighted by Crippen LogP contribution is -2.33. The fourth-order valence-corrected chi connectivity index (χ4v) is 2.53. The van der Waals surface area contributed by atoms with Crippen LogP contribution in [0.2, 0.25) is 5.02 Å². The lowest BCUT2D eigenvalue weighted by molar-refractivity contribution is -0.124. The predicted octanol–water partition coefficient (Wildman–Crippen LogP) is 2.81. The number of nitrogens with one attached hydrogen (secondary N) is 1. The lowest BCUT2D eigenvalue weighted by Gasteiger charge is -2.18. The summed E-state index contributed by atoms with van der Waals surface area (Å²) in [4.78, 5) is 12.4. The third-order valence-electron chi connectivity index (χ3n) is 3.90. The molecule has 0 saturated carbocycles. The minimum atomic E-state index is -0.421. The molecule has 0 spiro atoms. The van der Waals surface area contributed by atoms with E-state index in [1.54, 1.807) is 17.8 Å². The van der Waals surface area contributed by atoms with Gasteiger partial charge in [-0.2, -0.15) is 10.2 Å². The molecule has 0 aromatic carbocycles. The van der Waals surface area contributed by atoms with Crippen molar-refractivity contribution in [2.75, 3.05) is 0 Å². The molecule has 2 rings (SSSR count). The van der Waals surface area contributed by atoms with Gasteiger partial charge in [-0.05, 0) is 34.6 Å². The highest BCUT2D eigenvalue weighted by atomic mass is 35.5. The second-order valence-electron chi connectivity index (χ2n) is 5.45. The molecule has 2 atom stereocenters. The fraction of sp³-hybridized carbons (Fsp3) is 0.533. The van der Waals surface area contributed by atoms with Gasteiger partial charge in [-0.3, -0.25) is 14.2 Å². The SMILES string of the molecule is CCn1ncc(C(C)NC(=O)C(C)n2cc(Cl)c(C)n2)c1C. The van der Waals surface area contributed by atoms with Gasteiger partial charge in [0.2, 0.25) is 5.91 Å². The normalized spacial score (nSPS) is 13.9. The maximum atomic E-state index is 12.4. The van der Waals surface area contributed by atoms with Gasteiger partial charge in [0, 0.05) is 24.0 Å². The smallest absolute Gasteiger partial charge is 0.245 e. The second kappa shape index (κ2) is 6.52. The van der Waals surface area contributed by atoms with Crippen LogP contribution in [0.5, 0.6) is 0 Å². The molecule has 0 bridgehead atoms. The van der Waals surface area contributed by atoms with E-state index in [2.05, 4.69) is 15.5 Å². The zero-order chi connectivity index (χ0) is 16.4. The van der Waals surface area contributed by atoms with Crippen molar-refractivity contribution in [3.63, 3.8) is 0 Å². The van der Waals surface area contributed by atoms with Crippen molar-refractivity contribution >= 4 is 17.5 Å². The zero-order valence-corrected chi connectivity index (χ0v) is 14.3. The molecular formula is C15H22ClN5O. The number of carbonyl (C=O) groups is 1. The molecule has 7 heteroatoms. The summed E-state index contributed by atoms with van der Waals surface area (Å²) in [6, 6.07) is -0.530. The maximum absolute atomic E-state index is 12.4. The molecule has 0 aliphatic heterocycles. The van der Waals surface area contributed by atoms with Crippen molar-refractivity contribution in [2.45, 2.75) is 53.2 Å². The van der Waals surface area contributed by atoms with E-state index in [1.807, 2.05) is 38.6 Å². The first-order valence-corrected chi connectivity index (χ1v) is 7.76. The topological polar surface area (TPSA) is 64.7 Å². The number of aromatic nitrogens is 4. The van der Waals surface area contributed by atoms with Crippen molar-refractivity contribution in [1.82, 2.24) is 24.9 Å². The quantitative estimate of drug-likeness (QED) is 0.920. The summed E-state index contributed by atoms with van der Waals surface area (Å²) in [7, 11) is 0. The lowest BCUT2D eigenvalue weighted by atomic mass is 10.1. The Labute approximate surface area is 135 Å². The number of hydrogen-bond donors (Lipinski definition) is 1. The monoisotopic (exact) mass is 323 g/mol. The van der Waals surface area contributed by atoms with E-state index in [1.165, 1.54) is 0 Å². The van der Waals surface area contributed by atoms with E-state index >= 15 is 0 Å². The first-order chi connectivity index (χ1) is 10.3. The molecule has 1 amide bonds. The van der Waals surface area contributed by atoms with Crippen LogP contribution in [-0.2, 0) is 11.3 Å². The summed E-state index contributed by atoms with van der Waals surface area (Å²) >= 11 is 5.99. The molecule has 0 saturated heterocycles. The summed E-state index contributed by atoms with van der Waals surface area (Å²) in [5.74, 6) is -0.102. The standard InChI is InChI=1S/C15H22ClN5O/c1-6-20-11(4)13(7-17-20)9(2)18-15(22)12(5)21-8-14(16)10(3)19-21/h7-9,12H,6H2,1-5H3,(H,18,22). The van der Waals surface area contributed by atoms with Gasteiger partial charge in [0.1, 0.15) is 6.04 Å². The van der Waals surface area contributed by atoms with Crippen LogP contribution in [0.3, 0.4) is 0 Å². The van der Waals surface area contributed by atoms with E-state index in [0.717, 1.165) is 23.5 Å². The minimum absolute atomic E-state index is 0.102. The Bertz CT molecular complexity index is 656. The van der Waals surface area contributed by atoms with Gasteiger partial charge in [-0.15, -0.1) is 0 Å². The molecule has 0 aliphatic rings. The average Bonchev–Trinajstić information content (AvgIpc) is 3.01. The highest BCUT2D eigenvalue weighted by Crippen LogP contribution is 2.19. The largest absolute Gasteiger partial charge is 0.348 e. The van der Waals surface area contributed by atoms with Crippen molar-refractivity contribution in [3.05, 3.63) is 34.4 Å². The highest BCUT2D eigenvalue weighted by molar-refractivity contribution is 6.31. The molecule has 0 radical (unpaired) electrons. The Kier molecular flexibility index (Phi) is 4.90. The van der Waals surface area contributed by atoms with Gasteiger partial charge in [-0.1, -0.05) is 11.6 Å². The molecule has 120 valence electrons. The number of aryl methyl sites for hydroxylation is 2. The molecule has 0 fully saturated rings. The number of nitrogens with zero attached hydrogens (tertiary/aromatic N) is 4. The summed E-state index contributed by atoms with van der Waals surface area (Å²) in [5, 5.41) is 12.1. The number of hydrogen-bond acceptors (Lipinski definition) is 3. The molecule has 2 aromatic rings. The molecule has 2 aromatic heterocycles. The first-order valence-electron chi connectivity index (χ1n) is 7.39. The van der Waals surface area contributed by atoms with Crippen molar-refractivity contribution in [1.29, 1.82) is 0 Å². The maximum Gasteiger partial charge on any atom is 0.245 e. The Balaban J connectivity index is 2.08. The number of carbonyl (C=O) groups excluding carboxylic acids is 1. The van der Waals surface area contributed by atoms with Crippen LogP contribution in [0.4, 0.5) is 0 Å². The third-order valence-corrected chi connectivity index (χ3v) is 4.27. The van der Waals surface area contributed by atoms with E-state index in [-0.39, 0.29) is 11.9 Å². The Hall–Kier alpha value is -1.82. The average molecular weight is 324 g/mol. The highest BCUT2D eigenvalue weighted by Gasteiger charge is 2.21. The van der Waals surface area contributed by atoms with Crippen LogP contribution in [0, 0.1) is 13.8 Å². The molecular weight excluding hydrogens is 302 g/mol. The van der Waals surface area contributed by atoms with Gasteiger partial charge in [0.05, 0.1) is 23.0 Å². The predicted molar refractivity (Wildman–Crippen MR) is 85.9 cm³/mol. The van der Waals surface area contributed by atoms with E-state index in [0.29, 0.717) is 5.02 Å². The molecule has 1 N–H and O–H groups in total. The van der Waals surface area contributed by atoms with Crippen molar-refractivity contribution in [3.8, 4) is 0 Å². The Morgan fingerprint density at radius 3 is 2.59 bits per heavy atom. The zero-order valence-electron chi connectivity index (χ0n) is 13.6. The summed E-state index contributed by atoms with van der Waals surface area (Å²) in [5.41, 5.74) is 2.81.